The quantitative estimate of drug-likeness (QED) is 0.496. The van der Waals surface area contributed by atoms with Crippen molar-refractivity contribution in [1.82, 2.24) is 16.0 Å². The lowest BCUT2D eigenvalue weighted by Crippen LogP contribution is -2.55. The molecule has 144 valence electrons. The number of nitrogens with one attached hydrogen (secondary N) is 3. The van der Waals surface area contributed by atoms with Gasteiger partial charge in [-0.3, -0.25) is 4.79 Å². The van der Waals surface area contributed by atoms with Gasteiger partial charge in [0.25, 0.3) is 0 Å². The number of methoxy groups -OCH3 is 1. The lowest BCUT2D eigenvalue weighted by Gasteiger charge is -2.24. The summed E-state index contributed by atoms with van der Waals surface area (Å²) in [7, 11) is 1.45. The summed E-state index contributed by atoms with van der Waals surface area (Å²) in [5, 5.41) is 16.9. The highest BCUT2D eigenvalue weighted by atomic mass is 16.5. The van der Waals surface area contributed by atoms with Crippen molar-refractivity contribution in [1.29, 1.82) is 0 Å². The Morgan fingerprint density at radius 2 is 1.77 bits per heavy atom. The molecular formula is C18H27N3O5. The van der Waals surface area contributed by atoms with Gasteiger partial charge in [0, 0.05) is 26.7 Å². The number of carbonyl (C=O) groups excluding carboxylic acids is 2. The fourth-order valence-corrected chi connectivity index (χ4v) is 2.26. The van der Waals surface area contributed by atoms with Crippen LogP contribution in [0.2, 0.25) is 0 Å². The molecule has 3 amide bonds. The van der Waals surface area contributed by atoms with Gasteiger partial charge >= 0.3 is 12.0 Å². The molecule has 0 saturated heterocycles. The van der Waals surface area contributed by atoms with Crippen molar-refractivity contribution in [2.75, 3.05) is 13.7 Å². The third-order valence-electron chi connectivity index (χ3n) is 3.76. The fourth-order valence-electron chi connectivity index (χ4n) is 2.26. The Morgan fingerprint density at radius 1 is 1.12 bits per heavy atom. The molecule has 8 heteroatoms. The lowest BCUT2D eigenvalue weighted by atomic mass is 10.0. The molecule has 0 fully saturated rings. The van der Waals surface area contributed by atoms with Gasteiger partial charge in [-0.2, -0.15) is 0 Å². The first-order valence-corrected chi connectivity index (χ1v) is 8.45. The molecule has 1 aromatic carbocycles. The first kappa shape index (κ1) is 21.4. The summed E-state index contributed by atoms with van der Waals surface area (Å²) in [6.07, 6.45) is 0.141. The second-order valence-electron chi connectivity index (χ2n) is 6.22. The first-order chi connectivity index (χ1) is 12.3. The largest absolute Gasteiger partial charge is 0.480 e. The Bertz CT molecular complexity index is 592. The standard InChI is InChI=1S/C18H27N3O5/c1-12(2)15(16(22)20-14(17(23)24)9-10-26-3)21-18(25)19-11-13-7-5-4-6-8-13/h4-8,12,14-15H,9-11H2,1-3H3,(H,20,22)(H,23,24)(H2,19,21,25). The Morgan fingerprint density at radius 3 is 2.31 bits per heavy atom. The van der Waals surface area contributed by atoms with Gasteiger partial charge in [0.15, 0.2) is 0 Å². The van der Waals surface area contributed by atoms with Crippen molar-refractivity contribution in [2.24, 2.45) is 5.92 Å². The van der Waals surface area contributed by atoms with Gasteiger partial charge in [-0.15, -0.1) is 0 Å². The van der Waals surface area contributed by atoms with Crippen molar-refractivity contribution in [2.45, 2.75) is 38.9 Å². The molecule has 0 aliphatic carbocycles. The lowest BCUT2D eigenvalue weighted by molar-refractivity contribution is -0.142. The molecular weight excluding hydrogens is 338 g/mol. The highest BCUT2D eigenvalue weighted by molar-refractivity contribution is 5.90. The van der Waals surface area contributed by atoms with Crippen LogP contribution in [-0.2, 0) is 20.9 Å². The SMILES string of the molecule is COCCC(NC(=O)C(NC(=O)NCc1ccccc1)C(C)C)C(=O)O. The summed E-state index contributed by atoms with van der Waals surface area (Å²) in [4.78, 5) is 35.7. The topological polar surface area (TPSA) is 117 Å². The summed E-state index contributed by atoms with van der Waals surface area (Å²) in [6, 6.07) is 6.95. The smallest absolute Gasteiger partial charge is 0.326 e. The van der Waals surface area contributed by atoms with E-state index in [1.807, 2.05) is 30.3 Å². The number of rotatable bonds is 10. The van der Waals surface area contributed by atoms with E-state index in [9.17, 15) is 19.5 Å². The molecule has 0 radical (unpaired) electrons. The van der Waals surface area contributed by atoms with Crippen LogP contribution in [0.3, 0.4) is 0 Å². The second-order valence-corrected chi connectivity index (χ2v) is 6.22. The third-order valence-corrected chi connectivity index (χ3v) is 3.76. The number of hydrogen-bond donors (Lipinski definition) is 4. The molecule has 0 aliphatic rings. The number of amides is 3. The van der Waals surface area contributed by atoms with E-state index in [-0.39, 0.29) is 18.9 Å². The molecule has 8 nitrogen and oxygen atoms in total. The van der Waals surface area contributed by atoms with Gasteiger partial charge in [-0.1, -0.05) is 44.2 Å². The van der Waals surface area contributed by atoms with Crippen LogP contribution in [0, 0.1) is 5.92 Å². The van der Waals surface area contributed by atoms with E-state index in [1.54, 1.807) is 13.8 Å². The van der Waals surface area contributed by atoms with E-state index < -0.39 is 30.0 Å². The average Bonchev–Trinajstić information content (AvgIpc) is 2.61. The molecule has 0 aromatic heterocycles. The minimum absolute atomic E-state index is 0.141. The van der Waals surface area contributed by atoms with Gasteiger partial charge in [0.2, 0.25) is 5.91 Å². The Labute approximate surface area is 153 Å². The van der Waals surface area contributed by atoms with Gasteiger partial charge in [-0.05, 0) is 11.5 Å². The molecule has 2 atom stereocenters. The summed E-state index contributed by atoms with van der Waals surface area (Å²) in [5.41, 5.74) is 0.929. The monoisotopic (exact) mass is 365 g/mol. The third kappa shape index (κ3) is 7.52. The first-order valence-electron chi connectivity index (χ1n) is 8.45. The van der Waals surface area contributed by atoms with Gasteiger partial charge < -0.3 is 25.8 Å². The summed E-state index contributed by atoms with van der Waals surface area (Å²) >= 11 is 0. The number of carboxylic acid groups (broad SMARTS) is 1. The molecule has 26 heavy (non-hydrogen) atoms. The summed E-state index contributed by atoms with van der Waals surface area (Å²) < 4.78 is 4.86. The normalized spacial score (nSPS) is 12.9. The van der Waals surface area contributed by atoms with Gasteiger partial charge in [-0.25, -0.2) is 9.59 Å². The van der Waals surface area contributed by atoms with Crippen molar-refractivity contribution < 1.29 is 24.2 Å². The van der Waals surface area contributed by atoms with Crippen LogP contribution in [0.25, 0.3) is 0 Å². The summed E-state index contributed by atoms with van der Waals surface area (Å²) in [5.74, 6) is -1.90. The molecule has 2 unspecified atom stereocenters. The molecule has 0 aliphatic heterocycles. The van der Waals surface area contributed by atoms with Crippen LogP contribution in [0.15, 0.2) is 30.3 Å². The van der Waals surface area contributed by atoms with E-state index in [0.29, 0.717) is 6.54 Å². The Balaban J connectivity index is 2.61. The number of carboxylic acids is 1. The number of aliphatic carboxylic acids is 1. The number of benzene rings is 1. The molecule has 0 spiro atoms. The van der Waals surface area contributed by atoms with Crippen LogP contribution < -0.4 is 16.0 Å². The van der Waals surface area contributed by atoms with E-state index in [4.69, 9.17) is 4.74 Å². The predicted octanol–water partition coefficient (Wildman–Crippen LogP) is 1.12. The van der Waals surface area contributed by atoms with Gasteiger partial charge in [0.1, 0.15) is 12.1 Å². The van der Waals surface area contributed by atoms with Crippen LogP contribution in [-0.4, -0.2) is 48.8 Å². The number of ether oxygens (including phenoxy) is 1. The summed E-state index contributed by atoms with van der Waals surface area (Å²) in [6.45, 7) is 4.07. The van der Waals surface area contributed by atoms with Crippen LogP contribution >= 0.6 is 0 Å². The van der Waals surface area contributed by atoms with E-state index in [2.05, 4.69) is 16.0 Å². The zero-order chi connectivity index (χ0) is 19.5. The van der Waals surface area contributed by atoms with E-state index >= 15 is 0 Å². The minimum atomic E-state index is -1.15. The fraction of sp³-hybridized carbons (Fsp3) is 0.500. The molecule has 1 aromatic rings. The maximum atomic E-state index is 12.4. The predicted molar refractivity (Wildman–Crippen MR) is 96.5 cm³/mol. The average molecular weight is 365 g/mol. The van der Waals surface area contributed by atoms with Crippen molar-refractivity contribution in [3.05, 3.63) is 35.9 Å². The Hall–Kier alpha value is -2.61. The van der Waals surface area contributed by atoms with E-state index in [0.717, 1.165) is 5.56 Å². The zero-order valence-electron chi connectivity index (χ0n) is 15.3. The van der Waals surface area contributed by atoms with E-state index in [1.165, 1.54) is 7.11 Å². The van der Waals surface area contributed by atoms with Crippen molar-refractivity contribution >= 4 is 17.9 Å². The number of urea groups is 1. The molecule has 0 bridgehead atoms. The molecule has 0 saturated carbocycles. The van der Waals surface area contributed by atoms with Crippen molar-refractivity contribution in [3.63, 3.8) is 0 Å². The van der Waals surface area contributed by atoms with Crippen LogP contribution in [0.4, 0.5) is 4.79 Å². The Kier molecular flexibility index (Phi) is 9.14. The molecule has 1 rings (SSSR count). The molecule has 4 N–H and O–H groups in total. The highest BCUT2D eigenvalue weighted by Crippen LogP contribution is 2.04. The minimum Gasteiger partial charge on any atom is -0.480 e. The zero-order valence-corrected chi connectivity index (χ0v) is 15.3. The van der Waals surface area contributed by atoms with Crippen LogP contribution in [0.1, 0.15) is 25.8 Å². The second kappa shape index (κ2) is 11.1. The highest BCUT2D eigenvalue weighted by Gasteiger charge is 2.28. The maximum Gasteiger partial charge on any atom is 0.326 e. The van der Waals surface area contributed by atoms with Gasteiger partial charge in [0.05, 0.1) is 0 Å². The number of carbonyl (C=O) groups is 3. The van der Waals surface area contributed by atoms with Crippen molar-refractivity contribution in [3.8, 4) is 0 Å². The number of hydrogen-bond acceptors (Lipinski definition) is 4. The molecule has 0 heterocycles. The van der Waals surface area contributed by atoms with Crippen LogP contribution in [0.5, 0.6) is 0 Å². The maximum absolute atomic E-state index is 12.4.